The quantitative estimate of drug-likeness (QED) is 0.601. The van der Waals surface area contributed by atoms with Gasteiger partial charge >= 0.3 is 5.82 Å². The Bertz CT molecular complexity index is 491. The molecule has 5 nitrogen and oxygen atoms in total. The Kier molecular flexibility index (Phi) is 2.21. The van der Waals surface area contributed by atoms with Crippen LogP contribution in [0.15, 0.2) is 30.3 Å². The molecule has 0 atom stereocenters. The van der Waals surface area contributed by atoms with E-state index in [1.165, 1.54) is 0 Å². The third-order valence-electron chi connectivity index (χ3n) is 2.03. The van der Waals surface area contributed by atoms with E-state index in [4.69, 9.17) is 0 Å². The van der Waals surface area contributed by atoms with Crippen molar-refractivity contribution in [3.63, 3.8) is 0 Å². The van der Waals surface area contributed by atoms with Gasteiger partial charge in [0.25, 0.3) is 0 Å². The van der Waals surface area contributed by atoms with Crippen molar-refractivity contribution in [2.45, 2.75) is 6.92 Å². The van der Waals surface area contributed by atoms with Gasteiger partial charge in [0.1, 0.15) is 0 Å². The normalized spacial score (nSPS) is 10.2. The standard InChI is InChI=1S/C10H9N3O2/c1-7-11-9(10(12-7)13(14)15)8-5-3-2-4-6-8/h2-6H,1H3,(H,11,12). The van der Waals surface area contributed by atoms with Gasteiger partial charge in [-0.15, -0.1) is 0 Å². The number of benzene rings is 1. The van der Waals surface area contributed by atoms with E-state index in [2.05, 4.69) is 9.97 Å². The highest BCUT2D eigenvalue weighted by molar-refractivity contribution is 5.67. The number of nitrogens with zero attached hydrogens (tertiary/aromatic N) is 2. The summed E-state index contributed by atoms with van der Waals surface area (Å²) in [5.41, 5.74) is 1.13. The van der Waals surface area contributed by atoms with E-state index in [0.29, 0.717) is 11.5 Å². The molecule has 0 unspecified atom stereocenters. The zero-order chi connectivity index (χ0) is 10.8. The highest BCUT2D eigenvalue weighted by Gasteiger charge is 2.18. The molecule has 0 saturated heterocycles. The lowest BCUT2D eigenvalue weighted by Gasteiger charge is -1.96. The average molecular weight is 203 g/mol. The molecule has 0 aliphatic heterocycles. The zero-order valence-electron chi connectivity index (χ0n) is 8.10. The summed E-state index contributed by atoms with van der Waals surface area (Å²) in [4.78, 5) is 17.0. The first-order valence-corrected chi connectivity index (χ1v) is 4.45. The van der Waals surface area contributed by atoms with Gasteiger partial charge in [-0.3, -0.25) is 0 Å². The van der Waals surface area contributed by atoms with Crippen LogP contribution in [0.3, 0.4) is 0 Å². The molecule has 15 heavy (non-hydrogen) atoms. The summed E-state index contributed by atoms with van der Waals surface area (Å²) in [6.45, 7) is 1.69. The van der Waals surface area contributed by atoms with Gasteiger partial charge in [-0.1, -0.05) is 30.3 Å². The highest BCUT2D eigenvalue weighted by atomic mass is 16.6. The third-order valence-corrected chi connectivity index (χ3v) is 2.03. The van der Waals surface area contributed by atoms with Crippen LogP contribution in [0.4, 0.5) is 5.82 Å². The van der Waals surface area contributed by atoms with Crippen molar-refractivity contribution in [3.8, 4) is 11.3 Å². The topological polar surface area (TPSA) is 71.8 Å². The number of hydrogen-bond acceptors (Lipinski definition) is 3. The molecule has 0 aliphatic rings. The lowest BCUT2D eigenvalue weighted by molar-refractivity contribution is -0.388. The largest absolute Gasteiger partial charge is 0.358 e. The minimum atomic E-state index is -0.456. The van der Waals surface area contributed by atoms with Crippen LogP contribution >= 0.6 is 0 Å². The number of rotatable bonds is 2. The van der Waals surface area contributed by atoms with E-state index in [1.807, 2.05) is 18.2 Å². The number of aromatic amines is 1. The van der Waals surface area contributed by atoms with Crippen LogP contribution in [0, 0.1) is 17.0 Å². The second-order valence-electron chi connectivity index (χ2n) is 3.14. The molecule has 0 aliphatic carbocycles. The van der Waals surface area contributed by atoms with E-state index in [9.17, 15) is 10.1 Å². The van der Waals surface area contributed by atoms with Crippen molar-refractivity contribution in [3.05, 3.63) is 46.3 Å². The number of H-pyrrole nitrogens is 1. The Morgan fingerprint density at radius 3 is 2.60 bits per heavy atom. The molecule has 0 radical (unpaired) electrons. The van der Waals surface area contributed by atoms with E-state index in [1.54, 1.807) is 19.1 Å². The monoisotopic (exact) mass is 203 g/mol. The molecule has 1 heterocycles. The smallest absolute Gasteiger partial charge is 0.348 e. The molecule has 1 N–H and O–H groups in total. The summed E-state index contributed by atoms with van der Waals surface area (Å²) in [5.74, 6) is 0.485. The lowest BCUT2D eigenvalue weighted by Crippen LogP contribution is -1.90. The van der Waals surface area contributed by atoms with Gasteiger partial charge in [0.05, 0.1) is 0 Å². The zero-order valence-corrected chi connectivity index (χ0v) is 8.10. The molecule has 2 aromatic rings. The van der Waals surface area contributed by atoms with Gasteiger partial charge in [0.15, 0.2) is 11.5 Å². The predicted octanol–water partition coefficient (Wildman–Crippen LogP) is 2.29. The predicted molar refractivity (Wildman–Crippen MR) is 55.4 cm³/mol. The molecular formula is C10H9N3O2. The van der Waals surface area contributed by atoms with Crippen LogP contribution in [-0.2, 0) is 0 Å². The fraction of sp³-hybridized carbons (Fsp3) is 0.100. The fourth-order valence-corrected chi connectivity index (χ4v) is 1.41. The second kappa shape index (κ2) is 3.53. The number of nitrogens with one attached hydrogen (secondary N) is 1. The summed E-state index contributed by atoms with van der Waals surface area (Å²) < 4.78 is 0. The van der Waals surface area contributed by atoms with Crippen molar-refractivity contribution >= 4 is 5.82 Å². The Balaban J connectivity index is 2.58. The third kappa shape index (κ3) is 1.71. The van der Waals surface area contributed by atoms with Gasteiger partial charge in [-0.05, 0) is 4.92 Å². The van der Waals surface area contributed by atoms with Crippen LogP contribution < -0.4 is 0 Å². The summed E-state index contributed by atoms with van der Waals surface area (Å²) in [5, 5.41) is 10.7. The molecule has 0 saturated carbocycles. The molecule has 76 valence electrons. The molecule has 0 fully saturated rings. The average Bonchev–Trinajstić information content (AvgIpc) is 2.62. The van der Waals surface area contributed by atoms with Crippen LogP contribution in [0.1, 0.15) is 5.82 Å². The summed E-state index contributed by atoms with van der Waals surface area (Å²) in [6, 6.07) is 9.09. The molecular weight excluding hydrogens is 194 g/mol. The van der Waals surface area contributed by atoms with Crippen LogP contribution in [0.2, 0.25) is 0 Å². The maximum absolute atomic E-state index is 10.7. The first-order chi connectivity index (χ1) is 7.18. The number of aromatic nitrogens is 2. The van der Waals surface area contributed by atoms with Gasteiger partial charge < -0.3 is 10.1 Å². The highest BCUT2D eigenvalue weighted by Crippen LogP contribution is 2.26. The molecule has 1 aromatic heterocycles. The SMILES string of the molecule is Cc1nc(-c2ccccc2)c([N+](=O)[O-])[nH]1. The molecule has 0 bridgehead atoms. The number of hydrogen-bond donors (Lipinski definition) is 1. The number of imidazole rings is 1. The minimum Gasteiger partial charge on any atom is -0.358 e. The molecule has 1 aromatic carbocycles. The van der Waals surface area contributed by atoms with Gasteiger partial charge in [0.2, 0.25) is 0 Å². The van der Waals surface area contributed by atoms with Crippen LogP contribution in [-0.4, -0.2) is 14.9 Å². The summed E-state index contributed by atoms with van der Waals surface area (Å²) >= 11 is 0. The summed E-state index contributed by atoms with van der Waals surface area (Å²) in [7, 11) is 0. The molecule has 5 heteroatoms. The Labute approximate surface area is 85.9 Å². The number of aryl methyl sites for hydroxylation is 1. The van der Waals surface area contributed by atoms with Gasteiger partial charge in [-0.2, -0.15) is 0 Å². The summed E-state index contributed by atoms with van der Waals surface area (Å²) in [6.07, 6.45) is 0. The Hall–Kier alpha value is -2.17. The first kappa shape index (κ1) is 9.39. The van der Waals surface area contributed by atoms with Crippen molar-refractivity contribution in [1.29, 1.82) is 0 Å². The Morgan fingerprint density at radius 1 is 1.33 bits per heavy atom. The van der Waals surface area contributed by atoms with Crippen molar-refractivity contribution in [2.75, 3.05) is 0 Å². The minimum absolute atomic E-state index is 0.0568. The van der Waals surface area contributed by atoms with Crippen LogP contribution in [0.25, 0.3) is 11.3 Å². The Morgan fingerprint density at radius 2 is 2.00 bits per heavy atom. The van der Waals surface area contributed by atoms with Crippen molar-refractivity contribution < 1.29 is 4.92 Å². The van der Waals surface area contributed by atoms with Gasteiger partial charge in [-0.25, -0.2) is 9.97 Å². The first-order valence-electron chi connectivity index (χ1n) is 4.45. The lowest BCUT2D eigenvalue weighted by atomic mass is 10.1. The van der Waals surface area contributed by atoms with E-state index >= 15 is 0 Å². The molecule has 0 amide bonds. The van der Waals surface area contributed by atoms with Crippen molar-refractivity contribution in [1.82, 2.24) is 9.97 Å². The van der Waals surface area contributed by atoms with E-state index < -0.39 is 4.92 Å². The number of nitro groups is 1. The molecule has 0 spiro atoms. The maximum Gasteiger partial charge on any atom is 0.348 e. The maximum atomic E-state index is 10.7. The van der Waals surface area contributed by atoms with E-state index in [-0.39, 0.29) is 5.82 Å². The van der Waals surface area contributed by atoms with Crippen molar-refractivity contribution in [2.24, 2.45) is 0 Å². The molecule has 2 rings (SSSR count). The second-order valence-corrected chi connectivity index (χ2v) is 3.14. The van der Waals surface area contributed by atoms with Crippen LogP contribution in [0.5, 0.6) is 0 Å². The van der Waals surface area contributed by atoms with E-state index in [0.717, 1.165) is 5.56 Å². The fourth-order valence-electron chi connectivity index (χ4n) is 1.41. The van der Waals surface area contributed by atoms with Gasteiger partial charge in [0, 0.05) is 12.5 Å².